The van der Waals surface area contributed by atoms with E-state index in [2.05, 4.69) is 5.32 Å². The van der Waals surface area contributed by atoms with E-state index in [0.29, 0.717) is 6.54 Å². The van der Waals surface area contributed by atoms with Gasteiger partial charge in [-0.15, -0.1) is 0 Å². The number of aliphatic carboxylic acids is 1. The lowest BCUT2D eigenvalue weighted by Gasteiger charge is -2.24. The minimum atomic E-state index is -1.25. The Morgan fingerprint density at radius 3 is 2.74 bits per heavy atom. The molecule has 1 saturated carbocycles. The summed E-state index contributed by atoms with van der Waals surface area (Å²) in [6.45, 7) is -0.143. The predicted molar refractivity (Wildman–Crippen MR) is 69.9 cm³/mol. The quantitative estimate of drug-likeness (QED) is 0.723. The Bertz CT molecular complexity index is 445. The lowest BCUT2D eigenvalue weighted by Crippen LogP contribution is -2.49. The number of carbonyl (C=O) groups is 2. The van der Waals surface area contributed by atoms with Crippen molar-refractivity contribution in [2.75, 3.05) is 6.61 Å². The van der Waals surface area contributed by atoms with Crippen molar-refractivity contribution in [2.45, 2.75) is 31.5 Å². The van der Waals surface area contributed by atoms with Crippen LogP contribution in [0.4, 0.5) is 4.79 Å². The van der Waals surface area contributed by atoms with Crippen molar-refractivity contribution in [3.63, 3.8) is 0 Å². The number of carboxylic acids is 1. The molecule has 0 unspecified atom stereocenters. The molecular formula is C12H16N2O4S. The Kier molecular flexibility index (Phi) is 4.39. The molecule has 19 heavy (non-hydrogen) atoms. The van der Waals surface area contributed by atoms with Gasteiger partial charge in [0.15, 0.2) is 6.04 Å². The van der Waals surface area contributed by atoms with Gasteiger partial charge in [-0.2, -0.15) is 11.3 Å². The second-order valence-electron chi connectivity index (χ2n) is 4.51. The van der Waals surface area contributed by atoms with Crippen molar-refractivity contribution < 1.29 is 19.8 Å². The standard InChI is InChI=1S/C12H16N2O4S/c15-6-10(11(16)17)13-12(18)14(9-1-2-9)5-8-3-4-19-7-8/h3-4,7,9-10,15H,1-2,5-6H2,(H,13,18)(H,16,17)/t10-/m0/s1. The number of urea groups is 1. The first-order chi connectivity index (χ1) is 9.11. The van der Waals surface area contributed by atoms with E-state index < -0.39 is 24.6 Å². The Labute approximate surface area is 114 Å². The maximum Gasteiger partial charge on any atom is 0.328 e. The fourth-order valence-corrected chi connectivity index (χ4v) is 2.41. The molecule has 0 aromatic carbocycles. The number of rotatable bonds is 6. The van der Waals surface area contributed by atoms with E-state index >= 15 is 0 Å². The molecule has 0 spiro atoms. The van der Waals surface area contributed by atoms with Crippen LogP contribution < -0.4 is 5.32 Å². The Morgan fingerprint density at radius 1 is 1.53 bits per heavy atom. The minimum absolute atomic E-state index is 0.174. The molecule has 0 radical (unpaired) electrons. The SMILES string of the molecule is O=C(O)[C@H](CO)NC(=O)N(Cc1ccsc1)C1CC1. The van der Waals surface area contributed by atoms with Crippen molar-refractivity contribution in [3.8, 4) is 0 Å². The molecule has 1 aromatic rings. The molecule has 1 aliphatic rings. The Balaban J connectivity index is 1.98. The third kappa shape index (κ3) is 3.68. The van der Waals surface area contributed by atoms with Gasteiger partial charge in [0.05, 0.1) is 6.61 Å². The van der Waals surface area contributed by atoms with Gasteiger partial charge in [0.2, 0.25) is 0 Å². The van der Waals surface area contributed by atoms with Gasteiger partial charge in [-0.25, -0.2) is 9.59 Å². The van der Waals surface area contributed by atoms with E-state index in [1.165, 1.54) is 0 Å². The Morgan fingerprint density at radius 2 is 2.26 bits per heavy atom. The van der Waals surface area contributed by atoms with Crippen LogP contribution in [0.15, 0.2) is 16.8 Å². The van der Waals surface area contributed by atoms with Crippen LogP contribution in [0.5, 0.6) is 0 Å². The number of aliphatic hydroxyl groups is 1. The Hall–Kier alpha value is -1.60. The molecular weight excluding hydrogens is 268 g/mol. The van der Waals surface area contributed by atoms with Gasteiger partial charge in [-0.1, -0.05) is 0 Å². The third-order valence-electron chi connectivity index (χ3n) is 2.96. The zero-order valence-electron chi connectivity index (χ0n) is 10.3. The lowest BCUT2D eigenvalue weighted by molar-refractivity contribution is -0.140. The monoisotopic (exact) mass is 284 g/mol. The second-order valence-corrected chi connectivity index (χ2v) is 5.29. The highest BCUT2D eigenvalue weighted by Gasteiger charge is 2.34. The van der Waals surface area contributed by atoms with Crippen LogP contribution in [-0.4, -0.2) is 45.8 Å². The summed E-state index contributed by atoms with van der Waals surface area (Å²) in [6, 6.07) is 0.424. The molecule has 1 aromatic heterocycles. The number of thiophene rings is 1. The molecule has 2 amide bonds. The predicted octanol–water partition coefficient (Wildman–Crippen LogP) is 0.868. The van der Waals surface area contributed by atoms with E-state index in [-0.39, 0.29) is 6.04 Å². The van der Waals surface area contributed by atoms with Crippen molar-refractivity contribution in [1.82, 2.24) is 10.2 Å². The second kappa shape index (κ2) is 6.03. The summed E-state index contributed by atoms with van der Waals surface area (Å²) in [5.41, 5.74) is 1.03. The summed E-state index contributed by atoms with van der Waals surface area (Å²) in [5.74, 6) is -1.23. The van der Waals surface area contributed by atoms with Crippen LogP contribution in [0.2, 0.25) is 0 Å². The molecule has 1 atom stereocenters. The topological polar surface area (TPSA) is 89.9 Å². The molecule has 104 valence electrons. The van der Waals surface area contributed by atoms with Crippen LogP contribution in [0, 0.1) is 0 Å². The van der Waals surface area contributed by atoms with Gasteiger partial charge in [0.25, 0.3) is 0 Å². The molecule has 0 saturated heterocycles. The number of hydrogen-bond acceptors (Lipinski definition) is 4. The summed E-state index contributed by atoms with van der Waals surface area (Å²) >= 11 is 1.56. The van der Waals surface area contributed by atoms with Gasteiger partial charge in [-0.05, 0) is 35.2 Å². The number of nitrogens with one attached hydrogen (secondary N) is 1. The minimum Gasteiger partial charge on any atom is -0.480 e. The first-order valence-electron chi connectivity index (χ1n) is 6.03. The summed E-state index contributed by atoms with van der Waals surface area (Å²) in [4.78, 5) is 24.5. The van der Waals surface area contributed by atoms with Crippen LogP contribution in [0.1, 0.15) is 18.4 Å². The number of carboxylic acid groups (broad SMARTS) is 1. The van der Waals surface area contributed by atoms with Gasteiger partial charge in [-0.3, -0.25) is 0 Å². The number of nitrogens with zero attached hydrogens (tertiary/aromatic N) is 1. The van der Waals surface area contributed by atoms with Crippen molar-refractivity contribution in [1.29, 1.82) is 0 Å². The molecule has 1 heterocycles. The van der Waals surface area contributed by atoms with E-state index in [1.807, 2.05) is 16.8 Å². The number of amides is 2. The normalized spacial score (nSPS) is 15.8. The maximum absolute atomic E-state index is 12.1. The van der Waals surface area contributed by atoms with Crippen molar-refractivity contribution in [3.05, 3.63) is 22.4 Å². The fraction of sp³-hybridized carbons (Fsp3) is 0.500. The molecule has 2 rings (SSSR count). The summed E-state index contributed by atoms with van der Waals surface area (Å²) < 4.78 is 0. The fourth-order valence-electron chi connectivity index (χ4n) is 1.75. The first kappa shape index (κ1) is 13.8. The maximum atomic E-state index is 12.1. The van der Waals surface area contributed by atoms with Crippen LogP contribution in [0.3, 0.4) is 0 Å². The van der Waals surface area contributed by atoms with Crippen molar-refractivity contribution in [2.24, 2.45) is 0 Å². The smallest absolute Gasteiger partial charge is 0.328 e. The molecule has 7 heteroatoms. The van der Waals surface area contributed by atoms with Gasteiger partial charge < -0.3 is 20.4 Å². The average Bonchev–Trinajstić information content (AvgIpc) is 3.09. The average molecular weight is 284 g/mol. The molecule has 0 bridgehead atoms. The highest BCUT2D eigenvalue weighted by molar-refractivity contribution is 7.07. The number of aliphatic hydroxyl groups excluding tert-OH is 1. The largest absolute Gasteiger partial charge is 0.480 e. The number of carbonyl (C=O) groups excluding carboxylic acids is 1. The molecule has 6 nitrogen and oxygen atoms in total. The first-order valence-corrected chi connectivity index (χ1v) is 6.98. The van der Waals surface area contributed by atoms with E-state index in [4.69, 9.17) is 10.2 Å². The van der Waals surface area contributed by atoms with Crippen LogP contribution >= 0.6 is 11.3 Å². The van der Waals surface area contributed by atoms with Gasteiger partial charge >= 0.3 is 12.0 Å². The van der Waals surface area contributed by atoms with E-state index in [1.54, 1.807) is 16.2 Å². The molecule has 0 aliphatic heterocycles. The van der Waals surface area contributed by atoms with E-state index in [0.717, 1.165) is 18.4 Å². The zero-order valence-corrected chi connectivity index (χ0v) is 11.1. The molecule has 1 fully saturated rings. The van der Waals surface area contributed by atoms with Crippen LogP contribution in [0.25, 0.3) is 0 Å². The highest BCUT2D eigenvalue weighted by Crippen LogP contribution is 2.28. The summed E-state index contributed by atoms with van der Waals surface area (Å²) in [7, 11) is 0. The summed E-state index contributed by atoms with van der Waals surface area (Å²) in [6.07, 6.45) is 1.88. The van der Waals surface area contributed by atoms with E-state index in [9.17, 15) is 9.59 Å². The highest BCUT2D eigenvalue weighted by atomic mass is 32.1. The zero-order chi connectivity index (χ0) is 13.8. The van der Waals surface area contributed by atoms with Crippen molar-refractivity contribution >= 4 is 23.3 Å². The summed E-state index contributed by atoms with van der Waals surface area (Å²) in [5, 5.41) is 24.0. The number of hydrogen-bond donors (Lipinski definition) is 3. The van der Waals surface area contributed by atoms with Gasteiger partial charge in [0, 0.05) is 12.6 Å². The van der Waals surface area contributed by atoms with Gasteiger partial charge in [0.1, 0.15) is 0 Å². The lowest BCUT2D eigenvalue weighted by atomic mass is 10.3. The third-order valence-corrected chi connectivity index (χ3v) is 3.69. The molecule has 1 aliphatic carbocycles. The van der Waals surface area contributed by atoms with Crippen LogP contribution in [-0.2, 0) is 11.3 Å². The molecule has 3 N–H and O–H groups in total.